The van der Waals surface area contributed by atoms with E-state index in [1.54, 1.807) is 5.57 Å². The molecule has 0 aromatic rings. The molecule has 0 aromatic heterocycles. The highest BCUT2D eigenvalue weighted by molar-refractivity contribution is 5.27. The molecule has 40 heavy (non-hydrogen) atoms. The van der Waals surface area contributed by atoms with E-state index in [9.17, 15) is 15.1 Å². The van der Waals surface area contributed by atoms with E-state index in [1.807, 2.05) is 13.8 Å². The molecule has 1 saturated heterocycles. The summed E-state index contributed by atoms with van der Waals surface area (Å²) in [5.41, 5.74) is 2.18. The van der Waals surface area contributed by atoms with Crippen LogP contribution in [0.4, 0.5) is 0 Å². The van der Waals surface area contributed by atoms with Gasteiger partial charge in [0.05, 0.1) is 30.5 Å². The summed E-state index contributed by atoms with van der Waals surface area (Å²) in [5, 5.41) is 23.0. The second-order valence-electron chi connectivity index (χ2n) is 15.8. The van der Waals surface area contributed by atoms with Gasteiger partial charge in [0.2, 0.25) is 0 Å². The fourth-order valence-electron chi connectivity index (χ4n) is 10.6. The van der Waals surface area contributed by atoms with Crippen molar-refractivity contribution in [2.45, 2.75) is 155 Å². The van der Waals surface area contributed by atoms with Crippen LogP contribution < -0.4 is 0 Å². The minimum absolute atomic E-state index is 0.0848. The summed E-state index contributed by atoms with van der Waals surface area (Å²) in [6.45, 7) is 14.0. The number of allylic oxidation sites excluding steroid dienone is 1. The van der Waals surface area contributed by atoms with Gasteiger partial charge < -0.3 is 19.7 Å². The SMILES string of the molecule is C[C@@H]1C2=CCC3[C@@](C)(CC[C@]4(C)C(CCCCC(C)(C)O)CC[C@@]34C)C2CC[C@@H]1O[C@H]1C[C@@H](N=O)C[C@@H](CO)O1. The molecule has 3 unspecified atom stereocenters. The number of fused-ring (bicyclic) bond motifs is 5. The maximum Gasteiger partial charge on any atom is 0.160 e. The van der Waals surface area contributed by atoms with Crippen LogP contribution >= 0.6 is 0 Å². The van der Waals surface area contributed by atoms with Crippen LogP contribution in [0.5, 0.6) is 0 Å². The smallest absolute Gasteiger partial charge is 0.160 e. The van der Waals surface area contributed by atoms with Gasteiger partial charge in [-0.3, -0.25) is 0 Å². The molecule has 4 aliphatic carbocycles. The highest BCUT2D eigenvalue weighted by Crippen LogP contribution is 2.74. The molecule has 2 N–H and O–H groups in total. The standard InChI is InChI=1S/C34H57NO5/c1-22-26-10-13-29-32(4,27(26)11-12-28(22)40-30-20-24(35-38)19-25(21-36)39-30)17-18-33(5)23(14-16-34(29,33)6)9-7-8-15-31(2,3)37/h10,22-25,27-30,36-37H,7-9,11-21H2,1-6H3/t22-,23?,24+,25+,27?,28+,29?,30+,32+,33-,34+/m1/s1. The third-order valence-electron chi connectivity index (χ3n) is 13.2. The molecule has 0 bridgehead atoms. The first kappa shape index (κ1) is 30.6. The average Bonchev–Trinajstić information content (AvgIpc) is 3.17. The third-order valence-corrected chi connectivity index (χ3v) is 13.2. The fraction of sp³-hybridized carbons (Fsp3) is 0.941. The molecule has 5 rings (SSSR count). The molecule has 228 valence electrons. The Morgan fingerprint density at radius 3 is 2.55 bits per heavy atom. The molecule has 0 radical (unpaired) electrons. The van der Waals surface area contributed by atoms with Crippen LogP contribution in [0.25, 0.3) is 0 Å². The molecule has 0 spiro atoms. The summed E-state index contributed by atoms with van der Waals surface area (Å²) < 4.78 is 12.5. The van der Waals surface area contributed by atoms with Gasteiger partial charge in [0.15, 0.2) is 6.29 Å². The second-order valence-corrected chi connectivity index (χ2v) is 15.8. The van der Waals surface area contributed by atoms with Crippen molar-refractivity contribution in [2.75, 3.05) is 6.61 Å². The Morgan fingerprint density at radius 2 is 1.85 bits per heavy atom. The summed E-state index contributed by atoms with van der Waals surface area (Å²) in [4.78, 5) is 11.3. The van der Waals surface area contributed by atoms with Crippen molar-refractivity contribution in [1.82, 2.24) is 0 Å². The van der Waals surface area contributed by atoms with Gasteiger partial charge >= 0.3 is 0 Å². The lowest BCUT2D eigenvalue weighted by atomic mass is 9.40. The summed E-state index contributed by atoms with van der Waals surface area (Å²) in [6.07, 6.45) is 16.1. The minimum atomic E-state index is -0.547. The maximum atomic E-state index is 11.3. The Labute approximate surface area is 243 Å². The Hall–Kier alpha value is -0.820. The Balaban J connectivity index is 1.27. The number of aliphatic hydroxyl groups is 2. The van der Waals surface area contributed by atoms with Crippen molar-refractivity contribution in [3.63, 3.8) is 0 Å². The Kier molecular flexibility index (Phi) is 8.69. The lowest BCUT2D eigenvalue weighted by Crippen LogP contribution is -2.58. The lowest BCUT2D eigenvalue weighted by molar-refractivity contribution is -0.234. The minimum Gasteiger partial charge on any atom is -0.394 e. The first-order valence-corrected chi connectivity index (χ1v) is 16.5. The van der Waals surface area contributed by atoms with E-state index < -0.39 is 11.9 Å². The zero-order valence-electron chi connectivity index (χ0n) is 26.2. The van der Waals surface area contributed by atoms with Gasteiger partial charge in [-0.05, 0) is 106 Å². The van der Waals surface area contributed by atoms with E-state index in [2.05, 4.69) is 38.9 Å². The van der Waals surface area contributed by atoms with Gasteiger partial charge in [-0.15, -0.1) is 0 Å². The van der Waals surface area contributed by atoms with Crippen LogP contribution in [0.3, 0.4) is 0 Å². The van der Waals surface area contributed by atoms with Crippen LogP contribution in [0, 0.1) is 44.8 Å². The van der Waals surface area contributed by atoms with Crippen LogP contribution in [-0.4, -0.2) is 47.0 Å². The maximum absolute atomic E-state index is 11.3. The predicted octanol–water partition coefficient (Wildman–Crippen LogP) is 7.55. The van der Waals surface area contributed by atoms with E-state index in [4.69, 9.17) is 9.47 Å². The number of nitroso groups, excluding NO2 is 1. The molecule has 6 nitrogen and oxygen atoms in total. The molecule has 3 saturated carbocycles. The van der Waals surface area contributed by atoms with E-state index in [-0.39, 0.29) is 24.9 Å². The molecule has 1 aliphatic heterocycles. The van der Waals surface area contributed by atoms with Gasteiger partial charge in [0, 0.05) is 18.8 Å². The Bertz CT molecular complexity index is 945. The van der Waals surface area contributed by atoms with E-state index >= 15 is 0 Å². The fourth-order valence-corrected chi connectivity index (χ4v) is 10.6. The van der Waals surface area contributed by atoms with Crippen LogP contribution in [0.1, 0.15) is 125 Å². The zero-order valence-corrected chi connectivity index (χ0v) is 26.2. The highest BCUT2D eigenvalue weighted by Gasteiger charge is 2.66. The summed E-state index contributed by atoms with van der Waals surface area (Å²) >= 11 is 0. The van der Waals surface area contributed by atoms with E-state index in [0.29, 0.717) is 40.9 Å². The summed E-state index contributed by atoms with van der Waals surface area (Å²) in [5.74, 6) is 2.49. The first-order chi connectivity index (χ1) is 18.8. The third kappa shape index (κ3) is 5.37. The largest absolute Gasteiger partial charge is 0.394 e. The normalized spacial score (nSPS) is 47.1. The zero-order chi connectivity index (χ0) is 28.9. The number of nitrogens with zero attached hydrogens (tertiary/aromatic N) is 1. The highest BCUT2D eigenvalue weighted by atomic mass is 16.7. The predicted molar refractivity (Wildman–Crippen MR) is 159 cm³/mol. The Morgan fingerprint density at radius 1 is 1.07 bits per heavy atom. The van der Waals surface area contributed by atoms with Gasteiger partial charge in [-0.1, -0.05) is 57.4 Å². The number of ether oxygens (including phenoxy) is 2. The van der Waals surface area contributed by atoms with Gasteiger partial charge in [0.1, 0.15) is 0 Å². The van der Waals surface area contributed by atoms with Crippen molar-refractivity contribution in [3.8, 4) is 0 Å². The van der Waals surface area contributed by atoms with Crippen molar-refractivity contribution in [1.29, 1.82) is 0 Å². The number of hydrogen-bond donors (Lipinski definition) is 2. The molecule has 6 heteroatoms. The van der Waals surface area contributed by atoms with Crippen molar-refractivity contribution >= 4 is 0 Å². The molecule has 11 atom stereocenters. The molecular weight excluding hydrogens is 502 g/mol. The molecular formula is C34H57NO5. The van der Waals surface area contributed by atoms with Crippen LogP contribution in [0.15, 0.2) is 16.8 Å². The number of aliphatic hydroxyl groups excluding tert-OH is 1. The molecule has 4 fully saturated rings. The van der Waals surface area contributed by atoms with Gasteiger partial charge in [-0.25, -0.2) is 0 Å². The number of hydrogen-bond acceptors (Lipinski definition) is 6. The monoisotopic (exact) mass is 559 g/mol. The lowest BCUT2D eigenvalue weighted by Gasteiger charge is -2.65. The van der Waals surface area contributed by atoms with Gasteiger partial charge in [0.25, 0.3) is 0 Å². The quantitative estimate of drug-likeness (QED) is 0.173. The van der Waals surface area contributed by atoms with Gasteiger partial charge in [-0.2, -0.15) is 4.91 Å². The molecule has 0 aromatic carbocycles. The van der Waals surface area contributed by atoms with Crippen LogP contribution in [-0.2, 0) is 9.47 Å². The molecule has 5 aliphatic rings. The van der Waals surface area contributed by atoms with E-state index in [1.165, 1.54) is 44.9 Å². The molecule has 1 heterocycles. The average molecular weight is 560 g/mol. The molecule has 0 amide bonds. The number of unbranched alkanes of at least 4 members (excludes halogenated alkanes) is 1. The number of rotatable bonds is 9. The topological polar surface area (TPSA) is 88.4 Å². The van der Waals surface area contributed by atoms with Crippen LogP contribution in [0.2, 0.25) is 0 Å². The van der Waals surface area contributed by atoms with Crippen molar-refractivity contribution in [2.24, 2.45) is 45.1 Å². The first-order valence-electron chi connectivity index (χ1n) is 16.5. The van der Waals surface area contributed by atoms with Crippen molar-refractivity contribution in [3.05, 3.63) is 16.6 Å². The van der Waals surface area contributed by atoms with E-state index in [0.717, 1.165) is 37.5 Å². The summed E-state index contributed by atoms with van der Waals surface area (Å²) in [7, 11) is 0. The van der Waals surface area contributed by atoms with Crippen molar-refractivity contribution < 1.29 is 19.7 Å². The summed E-state index contributed by atoms with van der Waals surface area (Å²) in [6, 6.07) is -0.342. The second kappa shape index (κ2) is 11.4.